The van der Waals surface area contributed by atoms with Crippen molar-refractivity contribution in [3.63, 3.8) is 0 Å². The Morgan fingerprint density at radius 2 is 2.00 bits per heavy atom. The molecule has 18 heavy (non-hydrogen) atoms. The summed E-state index contributed by atoms with van der Waals surface area (Å²) in [7, 11) is -3.01. The Morgan fingerprint density at radius 3 is 2.50 bits per heavy atom. The quantitative estimate of drug-likeness (QED) is 0.761. The molecule has 0 bridgehead atoms. The zero-order chi connectivity index (χ0) is 13.2. The van der Waals surface area contributed by atoms with Crippen molar-refractivity contribution in [1.29, 1.82) is 0 Å². The molecule has 2 rings (SSSR count). The number of carbonyl (C=O) groups excluding carboxylic acids is 1. The molecule has 104 valence electrons. The molecular formula is C12H21NO4S. The molecule has 0 spiro atoms. The zero-order valence-electron chi connectivity index (χ0n) is 10.5. The highest BCUT2D eigenvalue weighted by atomic mass is 32.2. The van der Waals surface area contributed by atoms with Crippen molar-refractivity contribution in [2.24, 2.45) is 11.3 Å². The Hall–Kier alpha value is -0.620. The van der Waals surface area contributed by atoms with E-state index in [0.29, 0.717) is 13.0 Å². The van der Waals surface area contributed by atoms with Crippen molar-refractivity contribution in [2.75, 3.05) is 24.7 Å². The molecule has 2 aliphatic rings. The zero-order valence-corrected chi connectivity index (χ0v) is 11.3. The molecular weight excluding hydrogens is 254 g/mol. The molecule has 2 fully saturated rings. The summed E-state index contributed by atoms with van der Waals surface area (Å²) in [5.74, 6) is -0.468. The van der Waals surface area contributed by atoms with Gasteiger partial charge in [0.15, 0.2) is 9.84 Å². The van der Waals surface area contributed by atoms with Crippen molar-refractivity contribution in [1.82, 2.24) is 5.32 Å². The topological polar surface area (TPSA) is 83.5 Å². The second-order valence-corrected chi connectivity index (χ2v) is 7.91. The third kappa shape index (κ3) is 3.03. The lowest BCUT2D eigenvalue weighted by Gasteiger charge is -2.27. The maximum absolute atomic E-state index is 11.9. The van der Waals surface area contributed by atoms with Gasteiger partial charge in [0.25, 0.3) is 0 Å². The smallest absolute Gasteiger partial charge is 0.224 e. The predicted octanol–water partition coefficient (Wildman–Crippen LogP) is 0.0900. The van der Waals surface area contributed by atoms with Crippen molar-refractivity contribution >= 4 is 15.7 Å². The minimum atomic E-state index is -3.01. The first-order valence-corrected chi connectivity index (χ1v) is 8.38. The Morgan fingerprint density at radius 1 is 1.33 bits per heavy atom. The maximum atomic E-state index is 11.9. The van der Waals surface area contributed by atoms with E-state index in [0.717, 1.165) is 25.7 Å². The summed E-state index contributed by atoms with van der Waals surface area (Å²) in [5, 5.41) is 12.3. The molecule has 1 atom stereocenters. The Labute approximate surface area is 108 Å². The fourth-order valence-electron chi connectivity index (χ4n) is 2.94. The molecule has 0 radical (unpaired) electrons. The number of carbonyl (C=O) groups is 1. The fraction of sp³-hybridized carbons (Fsp3) is 0.917. The van der Waals surface area contributed by atoms with Crippen LogP contribution in [0.2, 0.25) is 0 Å². The van der Waals surface area contributed by atoms with E-state index in [4.69, 9.17) is 0 Å². The van der Waals surface area contributed by atoms with E-state index in [9.17, 15) is 18.3 Å². The molecule has 1 saturated carbocycles. The molecule has 1 aliphatic carbocycles. The first kappa shape index (κ1) is 13.8. The summed E-state index contributed by atoms with van der Waals surface area (Å²) in [6.07, 6.45) is 4.49. The van der Waals surface area contributed by atoms with Gasteiger partial charge in [-0.05, 0) is 19.3 Å². The van der Waals surface area contributed by atoms with Gasteiger partial charge in [-0.25, -0.2) is 8.42 Å². The molecule has 2 N–H and O–H groups in total. The van der Waals surface area contributed by atoms with Crippen molar-refractivity contribution in [3.05, 3.63) is 0 Å². The number of hydrogen-bond acceptors (Lipinski definition) is 4. The van der Waals surface area contributed by atoms with Crippen LogP contribution in [0.25, 0.3) is 0 Å². The number of rotatable bonds is 4. The number of nitrogens with one attached hydrogen (secondary N) is 1. The first-order valence-electron chi connectivity index (χ1n) is 6.55. The molecule has 0 aromatic rings. The molecule has 6 heteroatoms. The SMILES string of the molecule is O=C(NCC1(CO)CCCC1)C1CCS(=O)(=O)C1. The highest BCUT2D eigenvalue weighted by Gasteiger charge is 2.36. The van der Waals surface area contributed by atoms with E-state index in [-0.39, 0.29) is 29.4 Å². The van der Waals surface area contributed by atoms with E-state index in [1.54, 1.807) is 0 Å². The van der Waals surface area contributed by atoms with Crippen LogP contribution in [-0.4, -0.2) is 44.1 Å². The van der Waals surface area contributed by atoms with Gasteiger partial charge in [0, 0.05) is 12.0 Å². The van der Waals surface area contributed by atoms with Crippen LogP contribution in [0.5, 0.6) is 0 Å². The molecule has 1 aliphatic heterocycles. The number of aliphatic hydroxyl groups excluding tert-OH is 1. The Kier molecular flexibility index (Phi) is 3.96. The minimum absolute atomic E-state index is 0.0229. The van der Waals surface area contributed by atoms with Gasteiger partial charge in [0.05, 0.1) is 24.0 Å². The van der Waals surface area contributed by atoms with Gasteiger partial charge in [-0.2, -0.15) is 0 Å². The average molecular weight is 275 g/mol. The van der Waals surface area contributed by atoms with Gasteiger partial charge in [0.1, 0.15) is 0 Å². The van der Waals surface area contributed by atoms with Crippen LogP contribution >= 0.6 is 0 Å². The lowest BCUT2D eigenvalue weighted by molar-refractivity contribution is -0.124. The summed E-state index contributed by atoms with van der Waals surface area (Å²) in [6, 6.07) is 0. The van der Waals surface area contributed by atoms with Crippen LogP contribution < -0.4 is 5.32 Å². The van der Waals surface area contributed by atoms with Crippen LogP contribution in [0.1, 0.15) is 32.1 Å². The van der Waals surface area contributed by atoms with E-state index >= 15 is 0 Å². The van der Waals surface area contributed by atoms with E-state index in [2.05, 4.69) is 5.32 Å². The van der Waals surface area contributed by atoms with Crippen molar-refractivity contribution < 1.29 is 18.3 Å². The molecule has 1 unspecified atom stereocenters. The summed E-state index contributed by atoms with van der Waals surface area (Å²) in [5.41, 5.74) is -0.173. The largest absolute Gasteiger partial charge is 0.396 e. The standard InChI is InChI=1S/C12H21NO4S/c14-9-12(4-1-2-5-12)8-13-11(15)10-3-6-18(16,17)7-10/h10,14H,1-9H2,(H,13,15). The van der Waals surface area contributed by atoms with Gasteiger partial charge in [-0.1, -0.05) is 12.8 Å². The summed E-state index contributed by atoms with van der Waals surface area (Å²) >= 11 is 0. The van der Waals surface area contributed by atoms with Crippen LogP contribution in [0.15, 0.2) is 0 Å². The number of hydrogen-bond donors (Lipinski definition) is 2. The second-order valence-electron chi connectivity index (χ2n) is 5.68. The fourth-order valence-corrected chi connectivity index (χ4v) is 4.68. The molecule has 0 aromatic heterocycles. The summed E-state index contributed by atoms with van der Waals surface area (Å²) < 4.78 is 22.6. The van der Waals surface area contributed by atoms with Gasteiger partial charge in [0.2, 0.25) is 5.91 Å². The van der Waals surface area contributed by atoms with Crippen molar-refractivity contribution in [3.8, 4) is 0 Å². The second kappa shape index (κ2) is 5.17. The van der Waals surface area contributed by atoms with Crippen LogP contribution in [0.3, 0.4) is 0 Å². The molecule has 1 saturated heterocycles. The molecule has 1 heterocycles. The molecule has 5 nitrogen and oxygen atoms in total. The molecule has 0 aromatic carbocycles. The highest BCUT2D eigenvalue weighted by Crippen LogP contribution is 2.37. The predicted molar refractivity (Wildman–Crippen MR) is 67.8 cm³/mol. The number of aliphatic hydroxyl groups is 1. The van der Waals surface area contributed by atoms with Gasteiger partial charge in [-0.3, -0.25) is 4.79 Å². The summed E-state index contributed by atoms with van der Waals surface area (Å²) in [4.78, 5) is 11.9. The van der Waals surface area contributed by atoms with Crippen LogP contribution in [0, 0.1) is 11.3 Å². The monoisotopic (exact) mass is 275 g/mol. The van der Waals surface area contributed by atoms with Crippen LogP contribution in [0.4, 0.5) is 0 Å². The highest BCUT2D eigenvalue weighted by molar-refractivity contribution is 7.91. The van der Waals surface area contributed by atoms with Gasteiger partial charge < -0.3 is 10.4 Å². The average Bonchev–Trinajstić information content (AvgIpc) is 2.93. The van der Waals surface area contributed by atoms with E-state index in [1.165, 1.54) is 0 Å². The van der Waals surface area contributed by atoms with Crippen molar-refractivity contribution in [2.45, 2.75) is 32.1 Å². The first-order chi connectivity index (χ1) is 8.46. The number of sulfone groups is 1. The normalized spacial score (nSPS) is 29.3. The maximum Gasteiger partial charge on any atom is 0.224 e. The molecule has 1 amide bonds. The third-order valence-corrected chi connectivity index (χ3v) is 6.01. The van der Waals surface area contributed by atoms with E-state index in [1.807, 2.05) is 0 Å². The van der Waals surface area contributed by atoms with Gasteiger partial charge >= 0.3 is 0 Å². The lowest BCUT2D eigenvalue weighted by Crippen LogP contribution is -2.41. The van der Waals surface area contributed by atoms with Crippen LogP contribution in [-0.2, 0) is 14.6 Å². The Balaban J connectivity index is 1.85. The third-order valence-electron chi connectivity index (χ3n) is 4.24. The number of amides is 1. The van der Waals surface area contributed by atoms with E-state index < -0.39 is 15.8 Å². The summed E-state index contributed by atoms with van der Waals surface area (Å²) in [6.45, 7) is 0.565. The van der Waals surface area contributed by atoms with Gasteiger partial charge in [-0.15, -0.1) is 0 Å². The Bertz CT molecular complexity index is 412. The lowest BCUT2D eigenvalue weighted by atomic mass is 9.87. The minimum Gasteiger partial charge on any atom is -0.396 e.